The summed E-state index contributed by atoms with van der Waals surface area (Å²) in [6.45, 7) is 3.49. The smallest absolute Gasteiger partial charge is 0.203 e. The van der Waals surface area contributed by atoms with Crippen LogP contribution in [-0.4, -0.2) is 16.0 Å². The first kappa shape index (κ1) is 9.34. The Bertz CT molecular complexity index is 216. The van der Waals surface area contributed by atoms with E-state index in [1.807, 2.05) is 0 Å². The molecule has 0 spiro atoms. The van der Waals surface area contributed by atoms with Crippen molar-refractivity contribution < 1.29 is 4.74 Å². The van der Waals surface area contributed by atoms with Gasteiger partial charge in [0.25, 0.3) is 0 Å². The van der Waals surface area contributed by atoms with Crippen LogP contribution in [0.25, 0.3) is 0 Å². The van der Waals surface area contributed by atoms with E-state index in [0.717, 1.165) is 21.9 Å². The first-order chi connectivity index (χ1) is 5.33. The summed E-state index contributed by atoms with van der Waals surface area (Å²) >= 11 is 3.50. The predicted octanol–water partition coefficient (Wildman–Crippen LogP) is 2.07. The topological polar surface area (TPSA) is 35.0 Å². The molecule has 11 heavy (non-hydrogen) atoms. The maximum Gasteiger partial charge on any atom is 0.203 e. The standard InChI is InChI=1S/C6H9IN2OS/c1-2-3-10-4-5-8-6(7)9-11-5/h2-4H2,1H3. The highest BCUT2D eigenvalue weighted by Crippen LogP contribution is 2.07. The monoisotopic (exact) mass is 284 g/mol. The molecule has 0 atom stereocenters. The molecular weight excluding hydrogens is 275 g/mol. The second-order valence-corrected chi connectivity index (χ2v) is 3.81. The van der Waals surface area contributed by atoms with Gasteiger partial charge in [0.05, 0.1) is 0 Å². The van der Waals surface area contributed by atoms with Crippen molar-refractivity contribution in [3.63, 3.8) is 0 Å². The van der Waals surface area contributed by atoms with Crippen LogP contribution in [0.3, 0.4) is 0 Å². The lowest BCUT2D eigenvalue weighted by molar-refractivity contribution is 0.121. The Kier molecular flexibility index (Phi) is 4.24. The van der Waals surface area contributed by atoms with Gasteiger partial charge in [-0.05, 0) is 18.0 Å². The van der Waals surface area contributed by atoms with E-state index in [-0.39, 0.29) is 0 Å². The van der Waals surface area contributed by atoms with E-state index in [0.29, 0.717) is 6.61 Å². The van der Waals surface area contributed by atoms with Gasteiger partial charge >= 0.3 is 0 Å². The van der Waals surface area contributed by atoms with Gasteiger partial charge in [-0.15, -0.1) is 0 Å². The van der Waals surface area contributed by atoms with E-state index in [9.17, 15) is 0 Å². The van der Waals surface area contributed by atoms with E-state index in [4.69, 9.17) is 4.74 Å². The zero-order valence-corrected chi connectivity index (χ0v) is 9.18. The molecule has 0 saturated carbocycles. The highest BCUT2D eigenvalue weighted by molar-refractivity contribution is 14.1. The summed E-state index contributed by atoms with van der Waals surface area (Å²) in [5.74, 6) is 0. The van der Waals surface area contributed by atoms with E-state index in [1.54, 1.807) is 0 Å². The summed E-state index contributed by atoms with van der Waals surface area (Å²) in [5, 5.41) is 0.961. The summed E-state index contributed by atoms with van der Waals surface area (Å²) < 4.78 is 10.1. The van der Waals surface area contributed by atoms with Gasteiger partial charge in [-0.25, -0.2) is 4.98 Å². The van der Waals surface area contributed by atoms with Crippen LogP contribution in [0.1, 0.15) is 18.4 Å². The second-order valence-electron chi connectivity index (χ2n) is 2.01. The molecule has 5 heteroatoms. The summed E-state index contributed by atoms with van der Waals surface area (Å²) in [6, 6.07) is 0. The number of rotatable bonds is 4. The van der Waals surface area contributed by atoms with E-state index >= 15 is 0 Å². The number of hydrogen-bond donors (Lipinski definition) is 0. The molecule has 62 valence electrons. The van der Waals surface area contributed by atoms with E-state index < -0.39 is 0 Å². The lowest BCUT2D eigenvalue weighted by Crippen LogP contribution is -1.92. The predicted molar refractivity (Wildman–Crippen MR) is 52.6 cm³/mol. The lowest BCUT2D eigenvalue weighted by atomic mass is 10.5. The van der Waals surface area contributed by atoms with E-state index in [2.05, 4.69) is 38.9 Å². The minimum Gasteiger partial charge on any atom is -0.374 e. The SMILES string of the molecule is CCCOCc1nc(I)ns1. The molecule has 0 N–H and O–H groups in total. The van der Waals surface area contributed by atoms with Gasteiger partial charge in [0.2, 0.25) is 3.83 Å². The highest BCUT2D eigenvalue weighted by Gasteiger charge is 1.99. The number of hydrogen-bond acceptors (Lipinski definition) is 4. The molecule has 1 rings (SSSR count). The van der Waals surface area contributed by atoms with Crippen LogP contribution in [-0.2, 0) is 11.3 Å². The molecule has 0 bridgehead atoms. The molecule has 0 aromatic carbocycles. The van der Waals surface area contributed by atoms with Gasteiger partial charge in [0.15, 0.2) is 0 Å². The van der Waals surface area contributed by atoms with Gasteiger partial charge in [-0.1, -0.05) is 6.92 Å². The van der Waals surface area contributed by atoms with Crippen molar-refractivity contribution in [2.45, 2.75) is 20.0 Å². The molecule has 1 aromatic rings. The third-order valence-electron chi connectivity index (χ3n) is 1.02. The third-order valence-corrected chi connectivity index (χ3v) is 2.51. The molecule has 0 aliphatic carbocycles. The van der Waals surface area contributed by atoms with Crippen molar-refractivity contribution in [3.05, 3.63) is 8.84 Å². The fourth-order valence-electron chi connectivity index (χ4n) is 0.597. The second kappa shape index (κ2) is 5.00. The molecule has 3 nitrogen and oxygen atoms in total. The molecule has 0 saturated heterocycles. The summed E-state index contributed by atoms with van der Waals surface area (Å²) in [4.78, 5) is 4.15. The molecule has 1 aromatic heterocycles. The van der Waals surface area contributed by atoms with Crippen LogP contribution in [0.4, 0.5) is 0 Å². The Labute approximate surface area is 83.5 Å². The maximum atomic E-state index is 5.29. The molecule has 0 amide bonds. The van der Waals surface area contributed by atoms with Crippen LogP contribution in [0.2, 0.25) is 0 Å². The number of aromatic nitrogens is 2. The Hall–Kier alpha value is 0.250. The van der Waals surface area contributed by atoms with Crippen LogP contribution >= 0.6 is 34.1 Å². The summed E-state index contributed by atoms with van der Waals surface area (Å²) in [7, 11) is 0. The quantitative estimate of drug-likeness (QED) is 0.627. The molecular formula is C6H9IN2OS. The average molecular weight is 284 g/mol. The summed E-state index contributed by atoms with van der Waals surface area (Å²) in [5.41, 5.74) is 0. The van der Waals surface area contributed by atoms with Gasteiger partial charge in [0, 0.05) is 29.2 Å². The molecule has 0 unspecified atom stereocenters. The molecule has 0 aliphatic rings. The van der Waals surface area contributed by atoms with Gasteiger partial charge in [0.1, 0.15) is 11.6 Å². The van der Waals surface area contributed by atoms with Crippen molar-refractivity contribution in [1.82, 2.24) is 9.36 Å². The Balaban J connectivity index is 2.27. The van der Waals surface area contributed by atoms with Crippen molar-refractivity contribution in [2.24, 2.45) is 0 Å². The van der Waals surface area contributed by atoms with Crippen LogP contribution < -0.4 is 0 Å². The first-order valence-electron chi connectivity index (χ1n) is 3.38. The van der Waals surface area contributed by atoms with Crippen LogP contribution in [0.5, 0.6) is 0 Å². The summed E-state index contributed by atoms with van der Waals surface area (Å²) in [6.07, 6.45) is 1.05. The maximum absolute atomic E-state index is 5.29. The number of halogens is 1. The number of nitrogens with zero attached hydrogens (tertiary/aromatic N) is 2. The van der Waals surface area contributed by atoms with Crippen molar-refractivity contribution >= 4 is 34.1 Å². The molecule has 0 radical (unpaired) electrons. The van der Waals surface area contributed by atoms with Crippen LogP contribution in [0.15, 0.2) is 0 Å². The average Bonchev–Trinajstić information content (AvgIpc) is 2.37. The number of ether oxygens (including phenoxy) is 1. The molecule has 0 aliphatic heterocycles. The lowest BCUT2D eigenvalue weighted by Gasteiger charge is -1.95. The van der Waals surface area contributed by atoms with Crippen molar-refractivity contribution in [3.8, 4) is 0 Å². The Morgan fingerprint density at radius 1 is 1.64 bits per heavy atom. The Morgan fingerprint density at radius 2 is 2.45 bits per heavy atom. The minimum atomic E-state index is 0.606. The normalized spacial score (nSPS) is 10.4. The Morgan fingerprint density at radius 3 is 3.00 bits per heavy atom. The zero-order chi connectivity index (χ0) is 8.10. The van der Waals surface area contributed by atoms with Crippen LogP contribution in [0, 0.1) is 3.83 Å². The van der Waals surface area contributed by atoms with Crippen molar-refractivity contribution in [1.29, 1.82) is 0 Å². The largest absolute Gasteiger partial charge is 0.374 e. The van der Waals surface area contributed by atoms with Crippen molar-refractivity contribution in [2.75, 3.05) is 6.61 Å². The van der Waals surface area contributed by atoms with Gasteiger partial charge < -0.3 is 4.74 Å². The molecule has 1 heterocycles. The first-order valence-corrected chi connectivity index (χ1v) is 5.24. The fourth-order valence-corrected chi connectivity index (χ4v) is 1.83. The van der Waals surface area contributed by atoms with E-state index in [1.165, 1.54) is 11.5 Å². The highest BCUT2D eigenvalue weighted by atomic mass is 127. The van der Waals surface area contributed by atoms with Gasteiger partial charge in [-0.3, -0.25) is 0 Å². The van der Waals surface area contributed by atoms with Gasteiger partial charge in [-0.2, -0.15) is 4.37 Å². The fraction of sp³-hybridized carbons (Fsp3) is 0.667. The third kappa shape index (κ3) is 3.44. The molecule has 0 fully saturated rings. The zero-order valence-electron chi connectivity index (χ0n) is 6.21. The minimum absolute atomic E-state index is 0.606.